The Labute approximate surface area is 125 Å². The quantitative estimate of drug-likeness (QED) is 0.737. The largest absolute Gasteiger partial charge is 0.312 e. The summed E-state index contributed by atoms with van der Waals surface area (Å²) in [5.41, 5.74) is -0.0173. The van der Waals surface area contributed by atoms with Crippen LogP contribution in [0.4, 0.5) is 18.9 Å². The summed E-state index contributed by atoms with van der Waals surface area (Å²) >= 11 is 0. The predicted molar refractivity (Wildman–Crippen MR) is 73.8 cm³/mol. The van der Waals surface area contributed by atoms with E-state index in [1.54, 1.807) is 0 Å². The molecule has 0 bridgehead atoms. The molecule has 120 valence electrons. The number of carbonyl (C=O) groups is 1. The van der Waals surface area contributed by atoms with Crippen LogP contribution in [0.25, 0.3) is 0 Å². The van der Waals surface area contributed by atoms with Crippen LogP contribution in [0.1, 0.15) is 18.4 Å². The molecule has 0 spiro atoms. The Hall–Kier alpha value is -1.57. The highest BCUT2D eigenvalue weighted by molar-refractivity contribution is 7.91. The molecule has 0 saturated carbocycles. The van der Waals surface area contributed by atoms with Crippen LogP contribution in [0, 0.1) is 23.4 Å². The van der Waals surface area contributed by atoms with E-state index in [2.05, 4.69) is 0 Å². The van der Waals surface area contributed by atoms with Crippen molar-refractivity contribution < 1.29 is 26.4 Å². The molecular formula is C14H14F3NO3S. The molecule has 1 saturated heterocycles. The SMILES string of the molecule is O=C(C1CCS(=O)(=O)C1)N1CCCc2c1cc(F)c(F)c2F. The van der Waals surface area contributed by atoms with E-state index in [1.807, 2.05) is 0 Å². The molecule has 1 aromatic rings. The minimum Gasteiger partial charge on any atom is -0.312 e. The first-order valence-electron chi connectivity index (χ1n) is 6.98. The van der Waals surface area contributed by atoms with Crippen LogP contribution in [0.15, 0.2) is 6.07 Å². The number of hydrogen-bond donors (Lipinski definition) is 0. The van der Waals surface area contributed by atoms with Crippen molar-refractivity contribution >= 4 is 21.4 Å². The summed E-state index contributed by atoms with van der Waals surface area (Å²) in [6.07, 6.45) is 0.838. The van der Waals surface area contributed by atoms with Gasteiger partial charge in [-0.25, -0.2) is 21.6 Å². The Bertz CT molecular complexity index is 748. The Morgan fingerprint density at radius 2 is 1.95 bits per heavy atom. The van der Waals surface area contributed by atoms with E-state index in [0.29, 0.717) is 6.42 Å². The van der Waals surface area contributed by atoms with Gasteiger partial charge in [0.15, 0.2) is 27.3 Å². The molecule has 2 aliphatic heterocycles. The Balaban J connectivity index is 1.97. The van der Waals surface area contributed by atoms with E-state index in [-0.39, 0.29) is 42.1 Å². The van der Waals surface area contributed by atoms with Gasteiger partial charge in [0.05, 0.1) is 23.1 Å². The summed E-state index contributed by atoms with van der Waals surface area (Å²) in [5.74, 6) is -5.64. The molecule has 8 heteroatoms. The molecular weight excluding hydrogens is 319 g/mol. The summed E-state index contributed by atoms with van der Waals surface area (Å²) in [6.45, 7) is 0.243. The highest BCUT2D eigenvalue weighted by Crippen LogP contribution is 2.34. The van der Waals surface area contributed by atoms with Gasteiger partial charge >= 0.3 is 0 Å². The second-order valence-corrected chi connectivity index (χ2v) is 7.91. The van der Waals surface area contributed by atoms with Gasteiger partial charge in [0.1, 0.15) is 0 Å². The minimum absolute atomic E-state index is 0.0111. The van der Waals surface area contributed by atoms with Gasteiger partial charge in [-0.1, -0.05) is 0 Å². The molecule has 4 nitrogen and oxygen atoms in total. The lowest BCUT2D eigenvalue weighted by atomic mass is 9.98. The Morgan fingerprint density at radius 1 is 1.23 bits per heavy atom. The molecule has 1 aromatic carbocycles. The average Bonchev–Trinajstić information content (AvgIpc) is 2.84. The normalized spacial score (nSPS) is 23.4. The molecule has 0 radical (unpaired) electrons. The zero-order valence-electron chi connectivity index (χ0n) is 11.6. The third kappa shape index (κ3) is 2.49. The van der Waals surface area contributed by atoms with E-state index < -0.39 is 39.1 Å². The first kappa shape index (κ1) is 15.3. The van der Waals surface area contributed by atoms with Crippen LogP contribution in [-0.2, 0) is 21.1 Å². The number of fused-ring (bicyclic) bond motifs is 1. The third-order valence-electron chi connectivity index (χ3n) is 4.19. The van der Waals surface area contributed by atoms with E-state index in [0.717, 1.165) is 6.07 Å². The summed E-state index contributed by atoms with van der Waals surface area (Å²) in [5, 5.41) is 0. The second kappa shape index (κ2) is 5.26. The van der Waals surface area contributed by atoms with Crippen molar-refractivity contribution in [2.45, 2.75) is 19.3 Å². The van der Waals surface area contributed by atoms with Crippen LogP contribution in [-0.4, -0.2) is 32.4 Å². The molecule has 1 atom stereocenters. The van der Waals surface area contributed by atoms with Crippen molar-refractivity contribution in [2.75, 3.05) is 23.0 Å². The van der Waals surface area contributed by atoms with Gasteiger partial charge in [-0.05, 0) is 19.3 Å². The highest BCUT2D eigenvalue weighted by Gasteiger charge is 2.38. The molecule has 1 unspecified atom stereocenters. The fourth-order valence-electron chi connectivity index (χ4n) is 3.07. The minimum atomic E-state index is -3.24. The number of nitrogens with zero attached hydrogens (tertiary/aromatic N) is 1. The molecule has 2 aliphatic rings. The number of halogens is 3. The summed E-state index contributed by atoms with van der Waals surface area (Å²) in [6, 6.07) is 0.814. The van der Waals surface area contributed by atoms with Crippen molar-refractivity contribution in [3.8, 4) is 0 Å². The Morgan fingerprint density at radius 3 is 2.59 bits per heavy atom. The topological polar surface area (TPSA) is 54.5 Å². The van der Waals surface area contributed by atoms with Gasteiger partial charge in [-0.15, -0.1) is 0 Å². The fourth-order valence-corrected chi connectivity index (χ4v) is 4.80. The lowest BCUT2D eigenvalue weighted by molar-refractivity contribution is -0.121. The van der Waals surface area contributed by atoms with Gasteiger partial charge in [-0.3, -0.25) is 4.79 Å². The van der Waals surface area contributed by atoms with E-state index >= 15 is 0 Å². The monoisotopic (exact) mass is 333 g/mol. The van der Waals surface area contributed by atoms with Gasteiger partial charge in [0, 0.05) is 18.2 Å². The third-order valence-corrected chi connectivity index (χ3v) is 5.95. The first-order chi connectivity index (χ1) is 10.3. The van der Waals surface area contributed by atoms with Crippen LogP contribution >= 0.6 is 0 Å². The number of hydrogen-bond acceptors (Lipinski definition) is 3. The van der Waals surface area contributed by atoms with E-state index in [1.165, 1.54) is 4.90 Å². The van der Waals surface area contributed by atoms with Crippen molar-refractivity contribution in [1.29, 1.82) is 0 Å². The van der Waals surface area contributed by atoms with Crippen molar-refractivity contribution in [3.05, 3.63) is 29.1 Å². The molecule has 1 amide bonds. The lowest BCUT2D eigenvalue weighted by Crippen LogP contribution is -2.40. The first-order valence-corrected chi connectivity index (χ1v) is 8.80. The maximum absolute atomic E-state index is 13.8. The van der Waals surface area contributed by atoms with E-state index in [9.17, 15) is 26.4 Å². The van der Waals surface area contributed by atoms with E-state index in [4.69, 9.17) is 0 Å². The van der Waals surface area contributed by atoms with Gasteiger partial charge in [0.2, 0.25) is 5.91 Å². The lowest BCUT2D eigenvalue weighted by Gasteiger charge is -2.31. The molecule has 0 aliphatic carbocycles. The van der Waals surface area contributed by atoms with Crippen molar-refractivity contribution in [3.63, 3.8) is 0 Å². The molecule has 3 rings (SSSR count). The van der Waals surface area contributed by atoms with Crippen molar-refractivity contribution in [2.24, 2.45) is 5.92 Å². The number of benzene rings is 1. The van der Waals surface area contributed by atoms with Gasteiger partial charge in [-0.2, -0.15) is 0 Å². The molecule has 0 aromatic heterocycles. The smallest absolute Gasteiger partial charge is 0.231 e. The van der Waals surface area contributed by atoms with Gasteiger partial charge < -0.3 is 4.90 Å². The van der Waals surface area contributed by atoms with Crippen molar-refractivity contribution in [1.82, 2.24) is 0 Å². The summed E-state index contributed by atoms with van der Waals surface area (Å²) < 4.78 is 63.6. The summed E-state index contributed by atoms with van der Waals surface area (Å²) in [4.78, 5) is 13.7. The molecule has 1 fully saturated rings. The van der Waals surface area contributed by atoms with Gasteiger partial charge in [0.25, 0.3) is 0 Å². The van der Waals surface area contributed by atoms with Crippen LogP contribution < -0.4 is 4.90 Å². The maximum Gasteiger partial charge on any atom is 0.231 e. The number of carbonyl (C=O) groups excluding carboxylic acids is 1. The van der Waals surface area contributed by atoms with Crippen LogP contribution in [0.3, 0.4) is 0 Å². The van der Waals surface area contributed by atoms with Crippen LogP contribution in [0.2, 0.25) is 0 Å². The standard InChI is InChI=1S/C14H14F3NO3S/c15-10-6-11-9(12(16)13(10)17)2-1-4-18(11)14(19)8-3-5-22(20,21)7-8/h6,8H,1-5,7H2. The predicted octanol–water partition coefficient (Wildman–Crippen LogP) is 1.82. The number of amides is 1. The molecule has 22 heavy (non-hydrogen) atoms. The Kier molecular flexibility index (Phi) is 3.66. The molecule has 0 N–H and O–H groups in total. The second-order valence-electron chi connectivity index (χ2n) is 5.68. The molecule has 2 heterocycles. The highest BCUT2D eigenvalue weighted by atomic mass is 32.2. The van der Waals surface area contributed by atoms with Crippen LogP contribution in [0.5, 0.6) is 0 Å². The zero-order chi connectivity index (χ0) is 16.1. The number of sulfone groups is 1. The average molecular weight is 333 g/mol. The number of rotatable bonds is 1. The maximum atomic E-state index is 13.8. The zero-order valence-corrected chi connectivity index (χ0v) is 12.4. The number of anilines is 1. The fraction of sp³-hybridized carbons (Fsp3) is 0.500. The summed E-state index contributed by atoms with van der Waals surface area (Å²) in [7, 11) is -3.24.